The van der Waals surface area contributed by atoms with Gasteiger partial charge in [0.1, 0.15) is 10.6 Å². The first-order chi connectivity index (χ1) is 16.2. The summed E-state index contributed by atoms with van der Waals surface area (Å²) in [4.78, 5) is 32.0. The Morgan fingerprint density at radius 3 is 3.00 bits per heavy atom. The molecule has 0 radical (unpaired) electrons. The Morgan fingerprint density at radius 1 is 1.38 bits per heavy atom. The number of rotatable bonds is 4. The van der Waals surface area contributed by atoms with Crippen molar-refractivity contribution in [3.63, 3.8) is 0 Å². The summed E-state index contributed by atoms with van der Waals surface area (Å²) in [7, 11) is 3.28. The molecule has 34 heavy (non-hydrogen) atoms. The van der Waals surface area contributed by atoms with Crippen LogP contribution in [0.2, 0.25) is 0 Å². The Kier molecular flexibility index (Phi) is 5.73. The lowest BCUT2D eigenvalue weighted by atomic mass is 9.94. The maximum absolute atomic E-state index is 12.6. The average molecular weight is 485 g/mol. The molecule has 5 rings (SSSR count). The van der Waals surface area contributed by atoms with Gasteiger partial charge in [-0.3, -0.25) is 4.79 Å². The van der Waals surface area contributed by atoms with Crippen molar-refractivity contribution in [3.05, 3.63) is 40.5 Å². The van der Waals surface area contributed by atoms with Crippen molar-refractivity contribution >= 4 is 39.4 Å². The third-order valence-corrected chi connectivity index (χ3v) is 7.43. The van der Waals surface area contributed by atoms with E-state index in [0.717, 1.165) is 33.7 Å². The molecule has 180 valence electrons. The van der Waals surface area contributed by atoms with Gasteiger partial charge in [0.05, 0.1) is 32.1 Å². The van der Waals surface area contributed by atoms with Crippen LogP contribution in [0.1, 0.15) is 34.8 Å². The summed E-state index contributed by atoms with van der Waals surface area (Å²) >= 11 is 1.46. The molecule has 2 aliphatic rings. The zero-order chi connectivity index (χ0) is 24.0. The fourth-order valence-electron chi connectivity index (χ4n) is 4.73. The van der Waals surface area contributed by atoms with Crippen LogP contribution in [-0.4, -0.2) is 60.1 Å². The van der Waals surface area contributed by atoms with Gasteiger partial charge in [0.15, 0.2) is 5.13 Å². The molecule has 1 fully saturated rings. The van der Waals surface area contributed by atoms with Gasteiger partial charge >= 0.3 is 6.16 Å². The van der Waals surface area contributed by atoms with E-state index in [1.54, 1.807) is 6.07 Å². The quantitative estimate of drug-likeness (QED) is 0.449. The fraction of sp³-hybridized carbons (Fsp3) is 0.458. The van der Waals surface area contributed by atoms with Crippen molar-refractivity contribution in [1.82, 2.24) is 14.9 Å². The number of morpholine rings is 1. The van der Waals surface area contributed by atoms with Crippen LogP contribution in [0.3, 0.4) is 0 Å². The fourth-order valence-corrected chi connectivity index (χ4v) is 5.81. The van der Waals surface area contributed by atoms with Gasteiger partial charge in [-0.05, 0) is 44.0 Å². The second-order valence-electron chi connectivity index (χ2n) is 9.41. The van der Waals surface area contributed by atoms with Crippen LogP contribution < -0.4 is 15.0 Å². The average Bonchev–Trinajstić information content (AvgIpc) is 3.34. The van der Waals surface area contributed by atoms with Crippen LogP contribution in [0.4, 0.5) is 9.93 Å². The van der Waals surface area contributed by atoms with Gasteiger partial charge in [0, 0.05) is 42.7 Å². The number of aryl methyl sites for hydroxylation is 1. The van der Waals surface area contributed by atoms with E-state index in [-0.39, 0.29) is 17.5 Å². The van der Waals surface area contributed by atoms with E-state index in [4.69, 9.17) is 14.5 Å². The standard InChI is InChI=1S/C24H28N4O5S/c1-24(2)11-18-20(21(29)26-24)34-22(25-18)28-7-8-32-13-15(28)9-14-12-27(3)19-6-5-16(10-17(14)19)33-23(30)31-4/h5-6,10,12,15H,7-9,11,13H2,1-4H3,(H,26,29)/t15-/m0/s1. The molecule has 10 heteroatoms. The van der Waals surface area contributed by atoms with Crippen LogP contribution >= 0.6 is 11.3 Å². The molecule has 0 spiro atoms. The third-order valence-electron chi connectivity index (χ3n) is 6.29. The molecule has 1 aromatic carbocycles. The molecule has 4 heterocycles. The van der Waals surface area contributed by atoms with Crippen molar-refractivity contribution in [3.8, 4) is 5.75 Å². The smallest absolute Gasteiger partial charge is 0.437 e. The Bertz CT molecular complexity index is 1260. The summed E-state index contributed by atoms with van der Waals surface area (Å²) in [6.07, 6.45) is 2.79. The maximum Gasteiger partial charge on any atom is 0.513 e. The van der Waals surface area contributed by atoms with Crippen molar-refractivity contribution in [2.75, 3.05) is 31.8 Å². The van der Waals surface area contributed by atoms with Gasteiger partial charge in [-0.1, -0.05) is 11.3 Å². The van der Waals surface area contributed by atoms with E-state index in [1.807, 2.05) is 33.0 Å². The zero-order valence-electron chi connectivity index (χ0n) is 19.7. The van der Waals surface area contributed by atoms with Gasteiger partial charge in [-0.2, -0.15) is 0 Å². The summed E-state index contributed by atoms with van der Waals surface area (Å²) in [5.41, 5.74) is 2.73. The summed E-state index contributed by atoms with van der Waals surface area (Å²) in [6.45, 7) is 5.93. The molecule has 0 bridgehead atoms. The number of hydrogen-bond donors (Lipinski definition) is 1. The summed E-state index contributed by atoms with van der Waals surface area (Å²) in [5, 5.41) is 4.94. The normalized spacial score (nSPS) is 19.6. The lowest BCUT2D eigenvalue weighted by Crippen LogP contribution is -2.48. The molecule has 0 aliphatic carbocycles. The van der Waals surface area contributed by atoms with E-state index < -0.39 is 6.16 Å². The number of nitrogens with one attached hydrogen (secondary N) is 1. The summed E-state index contributed by atoms with van der Waals surface area (Å²) in [6, 6.07) is 5.62. The minimum absolute atomic E-state index is 0.0491. The number of amides is 1. The monoisotopic (exact) mass is 484 g/mol. The molecule has 1 saturated heterocycles. The highest BCUT2D eigenvalue weighted by molar-refractivity contribution is 7.17. The third kappa shape index (κ3) is 4.23. The van der Waals surface area contributed by atoms with Crippen LogP contribution in [0.5, 0.6) is 5.75 Å². The van der Waals surface area contributed by atoms with Crippen LogP contribution in [-0.2, 0) is 29.4 Å². The second-order valence-corrected chi connectivity index (χ2v) is 10.4. The number of aromatic nitrogens is 2. The highest BCUT2D eigenvalue weighted by atomic mass is 32.1. The number of hydrogen-bond acceptors (Lipinski definition) is 8. The number of fused-ring (bicyclic) bond motifs is 2. The number of methoxy groups -OCH3 is 1. The predicted octanol–water partition coefficient (Wildman–Crippen LogP) is 3.29. The topological polar surface area (TPSA) is 94.9 Å². The molecule has 1 atom stereocenters. The van der Waals surface area contributed by atoms with Crippen molar-refractivity contribution in [1.29, 1.82) is 0 Å². The highest BCUT2D eigenvalue weighted by Gasteiger charge is 2.35. The van der Waals surface area contributed by atoms with E-state index in [1.165, 1.54) is 18.4 Å². The molecule has 0 unspecified atom stereocenters. The largest absolute Gasteiger partial charge is 0.513 e. The van der Waals surface area contributed by atoms with E-state index in [0.29, 0.717) is 36.8 Å². The number of anilines is 1. The first-order valence-electron chi connectivity index (χ1n) is 11.2. The van der Waals surface area contributed by atoms with E-state index >= 15 is 0 Å². The summed E-state index contributed by atoms with van der Waals surface area (Å²) < 4.78 is 17.8. The Balaban J connectivity index is 1.44. The maximum atomic E-state index is 12.6. The van der Waals surface area contributed by atoms with Crippen molar-refractivity contribution in [2.45, 2.75) is 38.3 Å². The first-order valence-corrected chi connectivity index (χ1v) is 12.1. The molecule has 2 aliphatic heterocycles. The van der Waals surface area contributed by atoms with Gasteiger partial charge in [0.2, 0.25) is 0 Å². The summed E-state index contributed by atoms with van der Waals surface area (Å²) in [5.74, 6) is 0.386. The van der Waals surface area contributed by atoms with Crippen LogP contribution in [0.25, 0.3) is 10.9 Å². The molecular formula is C24H28N4O5S. The molecule has 2 aromatic heterocycles. The van der Waals surface area contributed by atoms with E-state index in [2.05, 4.69) is 25.7 Å². The van der Waals surface area contributed by atoms with Crippen LogP contribution in [0, 0.1) is 0 Å². The van der Waals surface area contributed by atoms with Crippen molar-refractivity contribution in [2.24, 2.45) is 7.05 Å². The molecular weight excluding hydrogens is 456 g/mol. The predicted molar refractivity (Wildman–Crippen MR) is 129 cm³/mol. The minimum Gasteiger partial charge on any atom is -0.437 e. The number of ether oxygens (including phenoxy) is 3. The van der Waals surface area contributed by atoms with Crippen molar-refractivity contribution < 1.29 is 23.8 Å². The first kappa shape index (κ1) is 22.7. The van der Waals surface area contributed by atoms with E-state index in [9.17, 15) is 9.59 Å². The van der Waals surface area contributed by atoms with Gasteiger partial charge in [-0.25, -0.2) is 9.78 Å². The number of carbonyl (C=O) groups excluding carboxylic acids is 2. The van der Waals surface area contributed by atoms with Crippen LogP contribution in [0.15, 0.2) is 24.4 Å². The number of thiazole rings is 1. The molecule has 0 saturated carbocycles. The SMILES string of the molecule is COC(=O)Oc1ccc2c(c1)c(C[C@H]1COCCN1c1nc3c(s1)C(=O)NC(C)(C)C3)cn2C. The van der Waals surface area contributed by atoms with Gasteiger partial charge in [0.25, 0.3) is 5.91 Å². The zero-order valence-corrected chi connectivity index (χ0v) is 20.5. The van der Waals surface area contributed by atoms with Gasteiger partial charge < -0.3 is 29.0 Å². The van der Waals surface area contributed by atoms with Gasteiger partial charge in [-0.15, -0.1) is 0 Å². The second kappa shape index (κ2) is 8.59. The Hall–Kier alpha value is -3.11. The number of nitrogens with zero attached hydrogens (tertiary/aromatic N) is 3. The number of carbonyl (C=O) groups is 2. The number of benzene rings is 1. The Labute approximate surface area is 201 Å². The molecule has 1 amide bonds. The highest BCUT2D eigenvalue weighted by Crippen LogP contribution is 2.35. The molecule has 3 aromatic rings. The minimum atomic E-state index is -0.747. The molecule has 9 nitrogen and oxygen atoms in total. The Morgan fingerprint density at radius 2 is 2.21 bits per heavy atom. The lowest BCUT2D eigenvalue weighted by molar-refractivity contribution is 0.0900. The molecule has 1 N–H and O–H groups in total. The lowest BCUT2D eigenvalue weighted by Gasteiger charge is -2.35.